The monoisotopic (exact) mass is 212 g/mol. The van der Waals surface area contributed by atoms with Gasteiger partial charge in [0.2, 0.25) is 5.52 Å². The molecule has 0 saturated carbocycles. The normalized spacial score (nSPS) is 10.7. The van der Waals surface area contributed by atoms with E-state index in [1.54, 1.807) is 11.3 Å². The van der Waals surface area contributed by atoms with Crippen LogP contribution in [0.4, 0.5) is 0 Å². The molecular formula is C13H10NS+. The highest BCUT2D eigenvalue weighted by Crippen LogP contribution is 2.21. The fourth-order valence-electron chi connectivity index (χ4n) is 1.70. The van der Waals surface area contributed by atoms with Gasteiger partial charge in [-0.2, -0.15) is 15.7 Å². The van der Waals surface area contributed by atoms with E-state index in [2.05, 4.69) is 57.9 Å². The Balaban J connectivity index is 2.22. The van der Waals surface area contributed by atoms with Crippen LogP contribution in [0.15, 0.2) is 59.6 Å². The maximum Gasteiger partial charge on any atom is 0.211 e. The summed E-state index contributed by atoms with van der Waals surface area (Å²) in [6.07, 6.45) is 4.16. The third-order valence-electron chi connectivity index (χ3n) is 2.50. The first kappa shape index (κ1) is 8.62. The van der Waals surface area contributed by atoms with Gasteiger partial charge in [0.1, 0.15) is 0 Å². The van der Waals surface area contributed by atoms with E-state index in [1.165, 1.54) is 16.6 Å². The molecule has 2 heteroatoms. The third-order valence-corrected chi connectivity index (χ3v) is 3.18. The van der Waals surface area contributed by atoms with Crippen LogP contribution in [0, 0.1) is 0 Å². The SMILES string of the molecule is c1cc[n+]2ccc(-c3ccsc3)cc2c1. The number of rotatable bonds is 1. The van der Waals surface area contributed by atoms with Crippen LogP contribution in [0.3, 0.4) is 0 Å². The number of pyridine rings is 2. The Kier molecular flexibility index (Phi) is 2.00. The number of hydrogen-bond donors (Lipinski definition) is 0. The zero-order chi connectivity index (χ0) is 10.1. The predicted octanol–water partition coefficient (Wildman–Crippen LogP) is 3.15. The number of fused-ring (bicyclic) bond motifs is 1. The van der Waals surface area contributed by atoms with Gasteiger partial charge in [-0.15, -0.1) is 0 Å². The second-order valence-electron chi connectivity index (χ2n) is 3.46. The van der Waals surface area contributed by atoms with Crippen molar-refractivity contribution in [1.82, 2.24) is 0 Å². The molecule has 0 fully saturated rings. The molecule has 0 saturated heterocycles. The molecule has 0 aromatic carbocycles. The van der Waals surface area contributed by atoms with Crippen LogP contribution in [0.5, 0.6) is 0 Å². The van der Waals surface area contributed by atoms with Crippen LogP contribution in [-0.2, 0) is 0 Å². The first-order valence-corrected chi connectivity index (χ1v) is 5.80. The minimum atomic E-state index is 1.22. The second kappa shape index (κ2) is 3.48. The zero-order valence-electron chi connectivity index (χ0n) is 8.13. The van der Waals surface area contributed by atoms with Gasteiger partial charge in [-0.05, 0) is 34.0 Å². The Bertz CT molecular complexity index is 584. The van der Waals surface area contributed by atoms with E-state index < -0.39 is 0 Å². The molecule has 1 nitrogen and oxygen atoms in total. The maximum atomic E-state index is 2.21. The molecule has 3 aromatic heterocycles. The first-order chi connectivity index (χ1) is 7.43. The van der Waals surface area contributed by atoms with E-state index in [4.69, 9.17) is 0 Å². The molecule has 3 rings (SSSR count). The van der Waals surface area contributed by atoms with Crippen molar-refractivity contribution in [2.24, 2.45) is 0 Å². The lowest BCUT2D eigenvalue weighted by atomic mass is 10.1. The van der Waals surface area contributed by atoms with E-state index >= 15 is 0 Å². The van der Waals surface area contributed by atoms with Gasteiger partial charge in [0.05, 0.1) is 0 Å². The summed E-state index contributed by atoms with van der Waals surface area (Å²) in [4.78, 5) is 0. The summed E-state index contributed by atoms with van der Waals surface area (Å²) < 4.78 is 2.12. The van der Waals surface area contributed by atoms with Gasteiger partial charge in [0, 0.05) is 24.3 Å². The quantitative estimate of drug-likeness (QED) is 0.546. The van der Waals surface area contributed by atoms with Crippen molar-refractivity contribution in [2.75, 3.05) is 0 Å². The molecule has 0 atom stereocenters. The molecule has 0 aliphatic heterocycles. The first-order valence-electron chi connectivity index (χ1n) is 4.86. The molecular weight excluding hydrogens is 202 g/mol. The Morgan fingerprint density at radius 1 is 0.933 bits per heavy atom. The van der Waals surface area contributed by atoms with Gasteiger partial charge >= 0.3 is 0 Å². The van der Waals surface area contributed by atoms with Crippen molar-refractivity contribution in [2.45, 2.75) is 0 Å². The molecule has 0 bridgehead atoms. The number of aromatic nitrogens is 1. The third kappa shape index (κ3) is 1.53. The standard InChI is InChI=1S/C13H10NS/c1-2-6-14-7-4-11(9-13(14)3-1)12-5-8-15-10-12/h1-10H/q+1. The zero-order valence-corrected chi connectivity index (χ0v) is 8.95. The van der Waals surface area contributed by atoms with Crippen LogP contribution in [0.2, 0.25) is 0 Å². The lowest BCUT2D eigenvalue weighted by molar-refractivity contribution is -0.511. The summed E-state index contributed by atoms with van der Waals surface area (Å²) in [6.45, 7) is 0. The minimum Gasteiger partial charge on any atom is -0.167 e. The number of hydrogen-bond acceptors (Lipinski definition) is 1. The van der Waals surface area contributed by atoms with Gasteiger partial charge < -0.3 is 0 Å². The van der Waals surface area contributed by atoms with E-state index in [0.717, 1.165) is 0 Å². The van der Waals surface area contributed by atoms with Crippen LogP contribution in [0.25, 0.3) is 16.6 Å². The highest BCUT2D eigenvalue weighted by molar-refractivity contribution is 7.08. The van der Waals surface area contributed by atoms with Crippen molar-refractivity contribution in [3.8, 4) is 11.1 Å². The molecule has 0 unspecified atom stereocenters. The van der Waals surface area contributed by atoms with Crippen LogP contribution in [0.1, 0.15) is 0 Å². The number of thiophene rings is 1. The van der Waals surface area contributed by atoms with Crippen molar-refractivity contribution in [1.29, 1.82) is 0 Å². The smallest absolute Gasteiger partial charge is 0.167 e. The molecule has 0 N–H and O–H groups in total. The fourth-order valence-corrected chi connectivity index (χ4v) is 2.37. The average Bonchev–Trinajstić information content (AvgIpc) is 2.82. The molecule has 0 spiro atoms. The Morgan fingerprint density at radius 3 is 2.80 bits per heavy atom. The van der Waals surface area contributed by atoms with Gasteiger partial charge in [-0.3, -0.25) is 0 Å². The van der Waals surface area contributed by atoms with Crippen LogP contribution < -0.4 is 4.40 Å². The van der Waals surface area contributed by atoms with Gasteiger partial charge in [0.15, 0.2) is 12.4 Å². The second-order valence-corrected chi connectivity index (χ2v) is 4.24. The summed E-state index contributed by atoms with van der Waals surface area (Å²) in [5, 5.41) is 4.28. The topological polar surface area (TPSA) is 4.10 Å². The Morgan fingerprint density at radius 2 is 1.93 bits per heavy atom. The lowest BCUT2D eigenvalue weighted by Crippen LogP contribution is -2.19. The predicted molar refractivity (Wildman–Crippen MR) is 62.9 cm³/mol. The molecule has 0 amide bonds. The highest BCUT2D eigenvalue weighted by Gasteiger charge is 2.03. The Hall–Kier alpha value is -1.67. The van der Waals surface area contributed by atoms with Crippen molar-refractivity contribution in [3.63, 3.8) is 0 Å². The van der Waals surface area contributed by atoms with Crippen molar-refractivity contribution >= 4 is 16.9 Å². The fraction of sp³-hybridized carbons (Fsp3) is 0. The molecule has 72 valence electrons. The summed E-state index contributed by atoms with van der Waals surface area (Å²) in [7, 11) is 0. The average molecular weight is 212 g/mol. The molecule has 3 heterocycles. The maximum absolute atomic E-state index is 2.21. The van der Waals surface area contributed by atoms with Gasteiger partial charge in [-0.1, -0.05) is 0 Å². The summed E-state index contributed by atoms with van der Waals surface area (Å²) in [6, 6.07) is 12.7. The molecule has 0 aliphatic rings. The molecule has 15 heavy (non-hydrogen) atoms. The Labute approximate surface area is 92.3 Å². The van der Waals surface area contributed by atoms with E-state index in [9.17, 15) is 0 Å². The molecule has 3 aromatic rings. The van der Waals surface area contributed by atoms with E-state index in [0.29, 0.717) is 0 Å². The van der Waals surface area contributed by atoms with E-state index in [-0.39, 0.29) is 0 Å². The van der Waals surface area contributed by atoms with Crippen molar-refractivity contribution < 1.29 is 4.40 Å². The molecule has 0 radical (unpaired) electrons. The summed E-state index contributed by atoms with van der Waals surface area (Å²) in [5.41, 5.74) is 3.80. The lowest BCUT2D eigenvalue weighted by Gasteiger charge is -1.96. The summed E-state index contributed by atoms with van der Waals surface area (Å²) in [5.74, 6) is 0. The van der Waals surface area contributed by atoms with E-state index in [1.807, 2.05) is 6.07 Å². The van der Waals surface area contributed by atoms with Gasteiger partial charge in [0.25, 0.3) is 0 Å². The van der Waals surface area contributed by atoms with Gasteiger partial charge in [-0.25, -0.2) is 0 Å². The summed E-state index contributed by atoms with van der Waals surface area (Å²) >= 11 is 1.73. The van der Waals surface area contributed by atoms with Crippen LogP contribution in [-0.4, -0.2) is 0 Å². The largest absolute Gasteiger partial charge is 0.211 e. The van der Waals surface area contributed by atoms with Crippen molar-refractivity contribution in [3.05, 3.63) is 59.6 Å². The van der Waals surface area contributed by atoms with Crippen LogP contribution >= 0.6 is 11.3 Å². The molecule has 0 aliphatic carbocycles. The minimum absolute atomic E-state index is 1.22. The highest BCUT2D eigenvalue weighted by atomic mass is 32.1. The number of nitrogens with zero attached hydrogens (tertiary/aromatic N) is 1.